The minimum Gasteiger partial charge on any atom is -0.348 e. The monoisotopic (exact) mass is 413 g/mol. The summed E-state index contributed by atoms with van der Waals surface area (Å²) in [5.41, 5.74) is 1.15. The van der Waals surface area contributed by atoms with Crippen LogP contribution in [0.3, 0.4) is 0 Å². The molecule has 4 heteroatoms. The van der Waals surface area contributed by atoms with Gasteiger partial charge in [0.2, 0.25) is 0 Å². The summed E-state index contributed by atoms with van der Waals surface area (Å²) in [6.07, 6.45) is 3.78. The third-order valence-electron chi connectivity index (χ3n) is 5.72. The third kappa shape index (κ3) is 2.48. The maximum atomic E-state index is 12.7. The van der Waals surface area contributed by atoms with E-state index in [-0.39, 0.29) is 22.8 Å². The van der Waals surface area contributed by atoms with Crippen molar-refractivity contribution in [3.8, 4) is 0 Å². The molecule has 2 bridgehead atoms. The Hall–Kier alpha value is -0.350. The molecule has 0 saturated heterocycles. The van der Waals surface area contributed by atoms with Crippen molar-refractivity contribution < 1.29 is 4.79 Å². The molecule has 21 heavy (non-hydrogen) atoms. The lowest BCUT2D eigenvalue weighted by atomic mass is 9.68. The fourth-order valence-corrected chi connectivity index (χ4v) is 5.77. The van der Waals surface area contributed by atoms with Crippen molar-refractivity contribution in [2.75, 3.05) is 0 Å². The molecule has 0 aliphatic heterocycles. The van der Waals surface area contributed by atoms with Gasteiger partial charge in [0.25, 0.3) is 5.91 Å². The first-order chi connectivity index (χ1) is 9.74. The standard InChI is InChI=1S/C17H21Br2NO/c1-16(2)10-6-7-17(3,9-10)15(16)20-14(21)12-5-4-11(18)8-13(12)19/h4-5,8,10,15H,6-7,9H2,1-3H3,(H,20,21). The second-order valence-corrected chi connectivity index (χ2v) is 9.22. The Labute approximate surface area is 143 Å². The number of hydrogen-bond acceptors (Lipinski definition) is 1. The summed E-state index contributed by atoms with van der Waals surface area (Å²) in [7, 11) is 0. The van der Waals surface area contributed by atoms with Crippen LogP contribution < -0.4 is 5.32 Å². The second kappa shape index (κ2) is 5.09. The molecule has 1 N–H and O–H groups in total. The Morgan fingerprint density at radius 1 is 1.29 bits per heavy atom. The molecule has 2 aliphatic carbocycles. The normalized spacial score (nSPS) is 33.2. The van der Waals surface area contributed by atoms with Gasteiger partial charge in [-0.3, -0.25) is 4.79 Å². The van der Waals surface area contributed by atoms with Gasteiger partial charge in [-0.25, -0.2) is 0 Å². The number of rotatable bonds is 2. The third-order valence-corrected chi connectivity index (χ3v) is 6.87. The molecule has 3 rings (SSSR count). The van der Waals surface area contributed by atoms with E-state index in [0.717, 1.165) is 14.9 Å². The number of nitrogens with one attached hydrogen (secondary N) is 1. The highest BCUT2D eigenvalue weighted by Gasteiger charge is 2.59. The topological polar surface area (TPSA) is 29.1 Å². The van der Waals surface area contributed by atoms with Crippen molar-refractivity contribution in [3.63, 3.8) is 0 Å². The molecule has 1 aromatic rings. The zero-order valence-corrected chi connectivity index (χ0v) is 15.8. The first-order valence-electron chi connectivity index (χ1n) is 7.50. The molecule has 2 fully saturated rings. The van der Waals surface area contributed by atoms with Gasteiger partial charge in [-0.2, -0.15) is 0 Å². The predicted molar refractivity (Wildman–Crippen MR) is 92.3 cm³/mol. The summed E-state index contributed by atoms with van der Waals surface area (Å²) in [6, 6.07) is 5.95. The van der Waals surface area contributed by atoms with E-state index in [1.807, 2.05) is 18.2 Å². The van der Waals surface area contributed by atoms with E-state index in [0.29, 0.717) is 5.56 Å². The molecule has 3 unspecified atom stereocenters. The molecular formula is C17H21Br2NO. The van der Waals surface area contributed by atoms with Crippen LogP contribution >= 0.6 is 31.9 Å². The van der Waals surface area contributed by atoms with E-state index in [1.54, 1.807) is 0 Å². The molecule has 1 amide bonds. The molecule has 2 nitrogen and oxygen atoms in total. The predicted octanol–water partition coefficient (Wildman–Crippen LogP) is 5.16. The van der Waals surface area contributed by atoms with Crippen LogP contribution in [0.4, 0.5) is 0 Å². The average molecular weight is 415 g/mol. The van der Waals surface area contributed by atoms with Crippen LogP contribution in [0.2, 0.25) is 0 Å². The molecule has 2 saturated carbocycles. The first kappa shape index (κ1) is 15.5. The number of hydrogen-bond donors (Lipinski definition) is 1. The smallest absolute Gasteiger partial charge is 0.252 e. The zero-order chi connectivity index (χ0) is 15.4. The maximum Gasteiger partial charge on any atom is 0.252 e. The van der Waals surface area contributed by atoms with Crippen LogP contribution in [0.5, 0.6) is 0 Å². The van der Waals surface area contributed by atoms with Gasteiger partial charge >= 0.3 is 0 Å². The number of fused-ring (bicyclic) bond motifs is 2. The van der Waals surface area contributed by atoms with Gasteiger partial charge in [-0.15, -0.1) is 0 Å². The molecule has 0 spiro atoms. The SMILES string of the molecule is CC12CCC(C1)C(C)(C)C2NC(=O)c1ccc(Br)cc1Br. The molecule has 2 aliphatic rings. The summed E-state index contributed by atoms with van der Waals surface area (Å²) in [5, 5.41) is 3.33. The maximum absolute atomic E-state index is 12.7. The van der Waals surface area contributed by atoms with E-state index in [1.165, 1.54) is 19.3 Å². The van der Waals surface area contributed by atoms with Crippen molar-refractivity contribution >= 4 is 37.8 Å². The quantitative estimate of drug-likeness (QED) is 0.711. The second-order valence-electron chi connectivity index (χ2n) is 7.45. The summed E-state index contributed by atoms with van der Waals surface area (Å²) < 4.78 is 1.80. The van der Waals surface area contributed by atoms with Crippen LogP contribution in [-0.4, -0.2) is 11.9 Å². The Kier molecular flexibility index (Phi) is 3.77. The number of carbonyl (C=O) groups is 1. The Bertz CT molecular complexity index is 594. The van der Waals surface area contributed by atoms with Crippen LogP contribution in [-0.2, 0) is 0 Å². The highest BCUT2D eigenvalue weighted by atomic mass is 79.9. The van der Waals surface area contributed by atoms with Crippen LogP contribution in [0, 0.1) is 16.7 Å². The summed E-state index contributed by atoms with van der Waals surface area (Å²) in [6.45, 7) is 6.95. The van der Waals surface area contributed by atoms with Gasteiger partial charge in [0.1, 0.15) is 0 Å². The lowest BCUT2D eigenvalue weighted by molar-refractivity contribution is 0.0737. The summed E-state index contributed by atoms with van der Waals surface area (Å²) in [4.78, 5) is 12.7. The zero-order valence-electron chi connectivity index (χ0n) is 12.7. The van der Waals surface area contributed by atoms with E-state index in [2.05, 4.69) is 57.9 Å². The molecular weight excluding hydrogens is 394 g/mol. The number of carbonyl (C=O) groups excluding carboxylic acids is 1. The Morgan fingerprint density at radius 2 is 2.00 bits per heavy atom. The number of amides is 1. The van der Waals surface area contributed by atoms with Crippen molar-refractivity contribution in [1.82, 2.24) is 5.32 Å². The fourth-order valence-electron chi connectivity index (χ4n) is 4.54. The molecule has 0 radical (unpaired) electrons. The van der Waals surface area contributed by atoms with E-state index in [4.69, 9.17) is 0 Å². The van der Waals surface area contributed by atoms with Gasteiger partial charge in [0.15, 0.2) is 0 Å². The molecule has 1 aromatic carbocycles. The molecule has 0 heterocycles. The van der Waals surface area contributed by atoms with Gasteiger partial charge in [0.05, 0.1) is 5.56 Å². The average Bonchev–Trinajstić information content (AvgIpc) is 2.85. The molecule has 0 aromatic heterocycles. The van der Waals surface area contributed by atoms with E-state index < -0.39 is 0 Å². The Balaban J connectivity index is 1.85. The fraction of sp³-hybridized carbons (Fsp3) is 0.588. The number of halogens is 2. The number of benzene rings is 1. The van der Waals surface area contributed by atoms with Gasteiger partial charge < -0.3 is 5.32 Å². The molecule has 3 atom stereocenters. The van der Waals surface area contributed by atoms with Crippen LogP contribution in [0.25, 0.3) is 0 Å². The largest absolute Gasteiger partial charge is 0.348 e. The van der Waals surface area contributed by atoms with Crippen molar-refractivity contribution in [2.24, 2.45) is 16.7 Å². The lowest BCUT2D eigenvalue weighted by Crippen LogP contribution is -2.52. The minimum absolute atomic E-state index is 0.0289. The Morgan fingerprint density at radius 3 is 2.57 bits per heavy atom. The lowest BCUT2D eigenvalue weighted by Gasteiger charge is -2.43. The first-order valence-corrected chi connectivity index (χ1v) is 9.08. The van der Waals surface area contributed by atoms with Gasteiger partial charge in [-0.05, 0) is 70.1 Å². The van der Waals surface area contributed by atoms with Crippen molar-refractivity contribution in [2.45, 2.75) is 46.1 Å². The van der Waals surface area contributed by atoms with Crippen molar-refractivity contribution in [1.29, 1.82) is 0 Å². The summed E-state index contributed by atoms with van der Waals surface area (Å²) in [5.74, 6) is 0.766. The highest BCUT2D eigenvalue weighted by molar-refractivity contribution is 9.11. The highest BCUT2D eigenvalue weighted by Crippen LogP contribution is 2.62. The van der Waals surface area contributed by atoms with Gasteiger partial charge in [0, 0.05) is 15.0 Å². The van der Waals surface area contributed by atoms with Crippen LogP contribution in [0.15, 0.2) is 27.1 Å². The van der Waals surface area contributed by atoms with E-state index in [9.17, 15) is 4.79 Å². The van der Waals surface area contributed by atoms with Crippen LogP contribution in [0.1, 0.15) is 50.4 Å². The van der Waals surface area contributed by atoms with E-state index >= 15 is 0 Å². The molecule has 114 valence electrons. The van der Waals surface area contributed by atoms with Crippen molar-refractivity contribution in [3.05, 3.63) is 32.7 Å². The summed E-state index contributed by atoms with van der Waals surface area (Å²) >= 11 is 6.91. The van der Waals surface area contributed by atoms with Gasteiger partial charge in [-0.1, -0.05) is 36.7 Å². The minimum atomic E-state index is 0.0289.